The number of hydrogen-bond donors (Lipinski definition) is 1. The Morgan fingerprint density at radius 3 is 2.62 bits per heavy atom. The molecule has 3 atom stereocenters. The fourth-order valence-corrected chi connectivity index (χ4v) is 3.73. The number of hydroxylamine groups is 1. The number of nitrogens with one attached hydrogen (secondary N) is 1. The van der Waals surface area contributed by atoms with E-state index in [0.29, 0.717) is 0 Å². The first kappa shape index (κ1) is 17.0. The molecule has 1 aliphatic carbocycles. The molecule has 130 valence electrons. The van der Waals surface area contributed by atoms with Gasteiger partial charge in [-0.2, -0.15) is 0 Å². The maximum atomic E-state index is 13.4. The van der Waals surface area contributed by atoms with E-state index >= 15 is 0 Å². The second-order valence-electron chi connectivity index (χ2n) is 7.57. The van der Waals surface area contributed by atoms with Crippen LogP contribution in [0, 0.1) is 11.7 Å². The lowest BCUT2D eigenvalue weighted by Gasteiger charge is -2.43. The number of esters is 1. The van der Waals surface area contributed by atoms with E-state index in [2.05, 4.69) is 5.48 Å². The van der Waals surface area contributed by atoms with Crippen molar-refractivity contribution in [1.29, 1.82) is 0 Å². The highest BCUT2D eigenvalue weighted by Crippen LogP contribution is 2.49. The molecule has 0 amide bonds. The number of carbonyl (C=O) groups excluding carboxylic acids is 1. The van der Waals surface area contributed by atoms with Crippen LogP contribution in [0.5, 0.6) is 0 Å². The van der Waals surface area contributed by atoms with Crippen molar-refractivity contribution in [1.82, 2.24) is 5.48 Å². The van der Waals surface area contributed by atoms with Crippen molar-refractivity contribution >= 4 is 5.97 Å². The summed E-state index contributed by atoms with van der Waals surface area (Å²) in [5.41, 5.74) is 2.54. The van der Waals surface area contributed by atoms with Crippen LogP contribution < -0.4 is 5.48 Å². The molecule has 1 spiro atoms. The number of carbonyl (C=O) groups is 1. The van der Waals surface area contributed by atoms with Crippen LogP contribution in [0.3, 0.4) is 0 Å². The van der Waals surface area contributed by atoms with Gasteiger partial charge in [-0.25, -0.2) is 4.39 Å². The quantitative estimate of drug-likeness (QED) is 0.836. The molecule has 1 saturated carbocycles. The smallest absolute Gasteiger partial charge is 0.310 e. The molecule has 1 N–H and O–H groups in total. The third kappa shape index (κ3) is 3.31. The van der Waals surface area contributed by atoms with E-state index in [1.54, 1.807) is 18.3 Å². The number of ether oxygens (including phenoxy) is 1. The van der Waals surface area contributed by atoms with Gasteiger partial charge < -0.3 is 4.74 Å². The molecule has 4 nitrogen and oxygen atoms in total. The maximum Gasteiger partial charge on any atom is 0.310 e. The minimum Gasteiger partial charge on any atom is -0.460 e. The summed E-state index contributed by atoms with van der Waals surface area (Å²) in [5, 5.41) is 0. The van der Waals surface area contributed by atoms with Gasteiger partial charge in [0.1, 0.15) is 17.0 Å². The van der Waals surface area contributed by atoms with Crippen LogP contribution in [0.2, 0.25) is 0 Å². The average molecular weight is 333 g/mol. The summed E-state index contributed by atoms with van der Waals surface area (Å²) in [6.07, 6.45) is 6.13. The van der Waals surface area contributed by atoms with Crippen LogP contribution in [0.25, 0.3) is 0 Å². The molecule has 1 fully saturated rings. The van der Waals surface area contributed by atoms with Gasteiger partial charge in [-0.15, -0.1) is 0 Å². The summed E-state index contributed by atoms with van der Waals surface area (Å²) in [4.78, 5) is 18.6. The zero-order chi connectivity index (χ0) is 17.4. The first-order valence-electron chi connectivity index (χ1n) is 8.40. The van der Waals surface area contributed by atoms with Crippen molar-refractivity contribution < 1.29 is 18.8 Å². The van der Waals surface area contributed by atoms with E-state index in [-0.39, 0.29) is 23.6 Å². The molecule has 1 aromatic carbocycles. The van der Waals surface area contributed by atoms with Crippen molar-refractivity contribution in [2.75, 3.05) is 0 Å². The molecular formula is C19H24FNO3. The molecule has 2 aliphatic rings. The normalized spacial score (nSPS) is 29.5. The minimum atomic E-state index is -0.600. The SMILES string of the molecule is CC(C)(C)OC(=O)C1CCC[C@]2(C=CNO2)[C@@H]1c1ccc(F)cc1. The number of benzene rings is 1. The molecule has 0 aromatic heterocycles. The predicted octanol–water partition coefficient (Wildman–Crippen LogP) is 3.84. The summed E-state index contributed by atoms with van der Waals surface area (Å²) < 4.78 is 19.0. The van der Waals surface area contributed by atoms with Gasteiger partial charge in [-0.05, 0) is 63.8 Å². The Morgan fingerprint density at radius 2 is 2.04 bits per heavy atom. The highest BCUT2D eigenvalue weighted by atomic mass is 19.1. The van der Waals surface area contributed by atoms with Crippen molar-refractivity contribution in [3.63, 3.8) is 0 Å². The lowest BCUT2D eigenvalue weighted by atomic mass is 9.66. The third-order valence-electron chi connectivity index (χ3n) is 4.63. The molecule has 5 heteroatoms. The van der Waals surface area contributed by atoms with Crippen LogP contribution in [-0.4, -0.2) is 17.2 Å². The Hall–Kier alpha value is -1.88. The van der Waals surface area contributed by atoms with Crippen LogP contribution >= 0.6 is 0 Å². The fraction of sp³-hybridized carbons (Fsp3) is 0.526. The first-order valence-corrected chi connectivity index (χ1v) is 8.40. The summed E-state index contributed by atoms with van der Waals surface area (Å²) in [6.45, 7) is 5.60. The average Bonchev–Trinajstić information content (AvgIpc) is 2.95. The van der Waals surface area contributed by atoms with Gasteiger partial charge in [0.15, 0.2) is 0 Å². The lowest BCUT2D eigenvalue weighted by Crippen LogP contribution is -2.47. The number of halogens is 1. The third-order valence-corrected chi connectivity index (χ3v) is 4.63. The van der Waals surface area contributed by atoms with Gasteiger partial charge in [0, 0.05) is 12.1 Å². The molecule has 0 bridgehead atoms. The Balaban J connectivity index is 1.98. The van der Waals surface area contributed by atoms with Crippen LogP contribution in [0.15, 0.2) is 36.5 Å². The van der Waals surface area contributed by atoms with E-state index in [0.717, 1.165) is 24.8 Å². The molecule has 0 radical (unpaired) electrons. The highest BCUT2D eigenvalue weighted by molar-refractivity contribution is 5.75. The number of rotatable bonds is 2. The van der Waals surface area contributed by atoms with Crippen LogP contribution in [-0.2, 0) is 14.4 Å². The van der Waals surface area contributed by atoms with Crippen molar-refractivity contribution in [3.05, 3.63) is 47.9 Å². The first-order chi connectivity index (χ1) is 11.3. The largest absolute Gasteiger partial charge is 0.460 e. The molecule has 24 heavy (non-hydrogen) atoms. The Morgan fingerprint density at radius 1 is 1.33 bits per heavy atom. The molecule has 1 aromatic rings. The Labute approximate surface area is 142 Å². The molecule has 3 rings (SSSR count). The lowest BCUT2D eigenvalue weighted by molar-refractivity contribution is -0.168. The van der Waals surface area contributed by atoms with Gasteiger partial charge in [0.2, 0.25) is 0 Å². The maximum absolute atomic E-state index is 13.4. The van der Waals surface area contributed by atoms with Crippen LogP contribution in [0.4, 0.5) is 4.39 Å². The topological polar surface area (TPSA) is 47.6 Å². The van der Waals surface area contributed by atoms with Crippen molar-refractivity contribution in [3.8, 4) is 0 Å². The van der Waals surface area contributed by atoms with Gasteiger partial charge in [-0.3, -0.25) is 15.1 Å². The standard InChI is InChI=1S/C19H24FNO3/c1-18(2,3)23-17(22)15-5-4-10-19(11-12-21-24-19)16(15)13-6-8-14(20)9-7-13/h6-9,11-12,15-16,21H,4-5,10H2,1-3H3/t15?,16-,19+/m1/s1. The van der Waals surface area contributed by atoms with E-state index in [4.69, 9.17) is 9.57 Å². The zero-order valence-electron chi connectivity index (χ0n) is 14.3. The summed E-state index contributed by atoms with van der Waals surface area (Å²) in [5.74, 6) is -1.06. The summed E-state index contributed by atoms with van der Waals surface area (Å²) in [6, 6.07) is 6.33. The second kappa shape index (κ2) is 6.20. The van der Waals surface area contributed by atoms with Gasteiger partial charge in [-0.1, -0.05) is 12.1 Å². The van der Waals surface area contributed by atoms with Crippen molar-refractivity contribution in [2.45, 2.75) is 57.2 Å². The monoisotopic (exact) mass is 333 g/mol. The molecule has 1 heterocycles. The Bertz CT molecular complexity index is 635. The molecule has 1 unspecified atom stereocenters. The minimum absolute atomic E-state index is 0.215. The van der Waals surface area contributed by atoms with E-state index in [1.807, 2.05) is 26.8 Å². The second-order valence-corrected chi connectivity index (χ2v) is 7.57. The predicted molar refractivity (Wildman–Crippen MR) is 88.4 cm³/mol. The highest BCUT2D eigenvalue weighted by Gasteiger charge is 2.51. The van der Waals surface area contributed by atoms with Gasteiger partial charge >= 0.3 is 5.97 Å². The van der Waals surface area contributed by atoms with E-state index < -0.39 is 11.2 Å². The molecule has 1 aliphatic heterocycles. The van der Waals surface area contributed by atoms with Gasteiger partial charge in [0.25, 0.3) is 0 Å². The number of hydrogen-bond acceptors (Lipinski definition) is 4. The van der Waals surface area contributed by atoms with Crippen LogP contribution in [0.1, 0.15) is 51.5 Å². The van der Waals surface area contributed by atoms with E-state index in [1.165, 1.54) is 12.1 Å². The zero-order valence-corrected chi connectivity index (χ0v) is 14.3. The van der Waals surface area contributed by atoms with Gasteiger partial charge in [0.05, 0.1) is 5.92 Å². The van der Waals surface area contributed by atoms with Crippen molar-refractivity contribution in [2.24, 2.45) is 5.92 Å². The van der Waals surface area contributed by atoms with E-state index in [9.17, 15) is 9.18 Å². The Kier molecular flexibility index (Phi) is 4.38. The summed E-state index contributed by atoms with van der Waals surface area (Å²) in [7, 11) is 0. The molecule has 0 saturated heterocycles. The molecular weight excluding hydrogens is 309 g/mol. The fourth-order valence-electron chi connectivity index (χ4n) is 3.73. The summed E-state index contributed by atoms with van der Waals surface area (Å²) >= 11 is 0.